The van der Waals surface area contributed by atoms with Gasteiger partial charge in [-0.1, -0.05) is 0 Å². The Morgan fingerprint density at radius 1 is 1.35 bits per heavy atom. The van der Waals surface area contributed by atoms with Crippen molar-refractivity contribution in [2.24, 2.45) is 0 Å². The standard InChI is InChI=1S/C12H14F3N3O2/c13-12(14,15)7-18(3-4-19)6-11-17-9-2-1-8(16)5-10(9)20-11/h1-2,5,19H,3-4,6-7,16H2. The number of nitrogens with zero attached hydrogens (tertiary/aromatic N) is 2. The molecule has 0 unspecified atom stereocenters. The average molecular weight is 289 g/mol. The number of hydrogen-bond acceptors (Lipinski definition) is 5. The molecular weight excluding hydrogens is 275 g/mol. The van der Waals surface area contributed by atoms with Crippen molar-refractivity contribution in [2.75, 3.05) is 25.4 Å². The maximum absolute atomic E-state index is 12.4. The van der Waals surface area contributed by atoms with E-state index in [0.29, 0.717) is 16.8 Å². The van der Waals surface area contributed by atoms with Gasteiger partial charge in [-0.15, -0.1) is 0 Å². The van der Waals surface area contributed by atoms with E-state index in [1.54, 1.807) is 18.2 Å². The van der Waals surface area contributed by atoms with Crippen molar-refractivity contribution in [3.8, 4) is 0 Å². The summed E-state index contributed by atoms with van der Waals surface area (Å²) in [5.74, 6) is 0.156. The molecule has 1 heterocycles. The zero-order valence-electron chi connectivity index (χ0n) is 10.5. The fourth-order valence-electron chi connectivity index (χ4n) is 1.86. The van der Waals surface area contributed by atoms with Gasteiger partial charge in [0.15, 0.2) is 5.58 Å². The molecule has 0 aliphatic carbocycles. The summed E-state index contributed by atoms with van der Waals surface area (Å²) in [6.07, 6.45) is -4.34. The first-order valence-corrected chi connectivity index (χ1v) is 5.92. The van der Waals surface area contributed by atoms with Gasteiger partial charge in [0.05, 0.1) is 19.7 Å². The Morgan fingerprint density at radius 2 is 2.10 bits per heavy atom. The highest BCUT2D eigenvalue weighted by Crippen LogP contribution is 2.21. The highest BCUT2D eigenvalue weighted by atomic mass is 19.4. The van der Waals surface area contributed by atoms with E-state index in [1.807, 2.05) is 0 Å². The van der Waals surface area contributed by atoms with Gasteiger partial charge in [0.1, 0.15) is 5.52 Å². The molecule has 1 aromatic carbocycles. The Morgan fingerprint density at radius 3 is 2.75 bits per heavy atom. The van der Waals surface area contributed by atoms with Crippen LogP contribution in [0.3, 0.4) is 0 Å². The number of fused-ring (bicyclic) bond motifs is 1. The lowest BCUT2D eigenvalue weighted by atomic mass is 10.3. The van der Waals surface area contributed by atoms with Crippen molar-refractivity contribution in [2.45, 2.75) is 12.7 Å². The number of aromatic nitrogens is 1. The summed E-state index contributed by atoms with van der Waals surface area (Å²) in [5.41, 5.74) is 7.03. The lowest BCUT2D eigenvalue weighted by Gasteiger charge is -2.20. The molecule has 5 nitrogen and oxygen atoms in total. The maximum Gasteiger partial charge on any atom is 0.401 e. The van der Waals surface area contributed by atoms with Crippen LogP contribution in [0.1, 0.15) is 5.89 Å². The van der Waals surface area contributed by atoms with E-state index in [-0.39, 0.29) is 25.6 Å². The maximum atomic E-state index is 12.4. The molecule has 20 heavy (non-hydrogen) atoms. The lowest BCUT2D eigenvalue weighted by molar-refractivity contribution is -0.148. The Labute approximate surface area is 112 Å². The third-order valence-electron chi connectivity index (χ3n) is 2.63. The molecule has 3 N–H and O–H groups in total. The minimum Gasteiger partial charge on any atom is -0.439 e. The monoisotopic (exact) mass is 289 g/mol. The van der Waals surface area contributed by atoms with Gasteiger partial charge in [0.2, 0.25) is 5.89 Å². The molecule has 0 fully saturated rings. The number of aliphatic hydroxyl groups is 1. The van der Waals surface area contributed by atoms with Gasteiger partial charge in [-0.2, -0.15) is 13.2 Å². The second-order valence-corrected chi connectivity index (χ2v) is 4.38. The number of benzene rings is 1. The Bertz CT molecular complexity index is 583. The van der Waals surface area contributed by atoms with Gasteiger partial charge in [-0.25, -0.2) is 4.98 Å². The summed E-state index contributed by atoms with van der Waals surface area (Å²) >= 11 is 0. The summed E-state index contributed by atoms with van der Waals surface area (Å²) < 4.78 is 42.6. The minimum atomic E-state index is -4.34. The molecule has 110 valence electrons. The molecule has 2 aromatic rings. The Hall–Kier alpha value is -1.80. The summed E-state index contributed by atoms with van der Waals surface area (Å²) in [7, 11) is 0. The van der Waals surface area contributed by atoms with E-state index in [4.69, 9.17) is 15.3 Å². The SMILES string of the molecule is Nc1ccc2nc(CN(CCO)CC(F)(F)F)oc2c1. The van der Waals surface area contributed by atoms with E-state index in [2.05, 4.69) is 4.98 Å². The van der Waals surface area contributed by atoms with Crippen molar-refractivity contribution in [3.05, 3.63) is 24.1 Å². The highest BCUT2D eigenvalue weighted by Gasteiger charge is 2.31. The van der Waals surface area contributed by atoms with Gasteiger partial charge in [0, 0.05) is 18.3 Å². The normalized spacial score (nSPS) is 12.4. The quantitative estimate of drug-likeness (QED) is 0.820. The number of aliphatic hydroxyl groups excluding tert-OH is 1. The van der Waals surface area contributed by atoms with Crippen molar-refractivity contribution < 1.29 is 22.7 Å². The van der Waals surface area contributed by atoms with Crippen LogP contribution < -0.4 is 5.73 Å². The van der Waals surface area contributed by atoms with Crippen LogP contribution in [0, 0.1) is 0 Å². The number of halogens is 3. The summed E-state index contributed by atoms with van der Waals surface area (Å²) in [4.78, 5) is 5.11. The minimum absolute atomic E-state index is 0.111. The van der Waals surface area contributed by atoms with Crippen LogP contribution in [-0.2, 0) is 6.54 Å². The number of alkyl halides is 3. The summed E-state index contributed by atoms with van der Waals surface area (Å²) in [5, 5.41) is 8.81. The summed E-state index contributed by atoms with van der Waals surface area (Å²) in [6, 6.07) is 4.83. The number of oxazole rings is 1. The van der Waals surface area contributed by atoms with Crippen molar-refractivity contribution in [1.29, 1.82) is 0 Å². The van der Waals surface area contributed by atoms with Crippen LogP contribution >= 0.6 is 0 Å². The second kappa shape index (κ2) is 5.68. The molecule has 0 amide bonds. The van der Waals surface area contributed by atoms with Crippen LogP contribution in [0.5, 0.6) is 0 Å². The fraction of sp³-hybridized carbons (Fsp3) is 0.417. The molecule has 0 aliphatic rings. The topological polar surface area (TPSA) is 75.5 Å². The van der Waals surface area contributed by atoms with E-state index < -0.39 is 12.7 Å². The van der Waals surface area contributed by atoms with Gasteiger partial charge >= 0.3 is 6.18 Å². The molecule has 0 saturated heterocycles. The van der Waals surface area contributed by atoms with E-state index in [0.717, 1.165) is 4.90 Å². The third kappa shape index (κ3) is 3.84. The number of nitrogens with two attached hydrogens (primary N) is 1. The largest absolute Gasteiger partial charge is 0.439 e. The predicted molar refractivity (Wildman–Crippen MR) is 66.8 cm³/mol. The lowest BCUT2D eigenvalue weighted by Crippen LogP contribution is -2.35. The van der Waals surface area contributed by atoms with Gasteiger partial charge in [-0.3, -0.25) is 4.90 Å². The van der Waals surface area contributed by atoms with Gasteiger partial charge in [0.25, 0.3) is 0 Å². The third-order valence-corrected chi connectivity index (χ3v) is 2.63. The Kier molecular flexibility index (Phi) is 4.15. The molecular formula is C12H14F3N3O2. The van der Waals surface area contributed by atoms with Crippen molar-refractivity contribution in [3.63, 3.8) is 0 Å². The second-order valence-electron chi connectivity index (χ2n) is 4.38. The van der Waals surface area contributed by atoms with Crippen LogP contribution in [0.15, 0.2) is 22.6 Å². The Balaban J connectivity index is 2.15. The zero-order chi connectivity index (χ0) is 14.8. The van der Waals surface area contributed by atoms with Crippen molar-refractivity contribution >= 4 is 16.8 Å². The first kappa shape index (κ1) is 14.6. The van der Waals surface area contributed by atoms with Gasteiger partial charge in [-0.05, 0) is 12.1 Å². The number of hydrogen-bond donors (Lipinski definition) is 2. The molecule has 0 spiro atoms. The fourth-order valence-corrected chi connectivity index (χ4v) is 1.86. The van der Waals surface area contributed by atoms with Crippen LogP contribution in [-0.4, -0.2) is 40.9 Å². The number of nitrogen functional groups attached to an aromatic ring is 1. The number of rotatable bonds is 5. The molecule has 8 heteroatoms. The predicted octanol–water partition coefficient (Wildman–Crippen LogP) is 1.77. The smallest absolute Gasteiger partial charge is 0.401 e. The van der Waals surface area contributed by atoms with Crippen LogP contribution in [0.25, 0.3) is 11.1 Å². The molecule has 0 saturated carbocycles. The van der Waals surface area contributed by atoms with Gasteiger partial charge < -0.3 is 15.3 Å². The molecule has 1 aromatic heterocycles. The van der Waals surface area contributed by atoms with Crippen LogP contribution in [0.4, 0.5) is 18.9 Å². The van der Waals surface area contributed by atoms with E-state index in [9.17, 15) is 13.2 Å². The molecule has 0 aliphatic heterocycles. The molecule has 0 atom stereocenters. The van der Waals surface area contributed by atoms with Crippen LogP contribution in [0.2, 0.25) is 0 Å². The molecule has 0 bridgehead atoms. The van der Waals surface area contributed by atoms with E-state index >= 15 is 0 Å². The highest BCUT2D eigenvalue weighted by molar-refractivity contribution is 5.76. The first-order chi connectivity index (χ1) is 9.37. The summed E-state index contributed by atoms with van der Waals surface area (Å²) in [6.45, 7) is -1.74. The first-order valence-electron chi connectivity index (χ1n) is 5.92. The zero-order valence-corrected chi connectivity index (χ0v) is 10.5. The van der Waals surface area contributed by atoms with Crippen molar-refractivity contribution in [1.82, 2.24) is 9.88 Å². The number of anilines is 1. The molecule has 0 radical (unpaired) electrons. The molecule has 2 rings (SSSR count). The average Bonchev–Trinajstić information content (AvgIpc) is 2.68. The van der Waals surface area contributed by atoms with E-state index in [1.165, 1.54) is 0 Å².